The van der Waals surface area contributed by atoms with Crippen LogP contribution in [0.5, 0.6) is 0 Å². The summed E-state index contributed by atoms with van der Waals surface area (Å²) in [6.07, 6.45) is 6.06. The molecule has 144 heavy (non-hydrogen) atoms. The van der Waals surface area contributed by atoms with Gasteiger partial charge in [-0.3, -0.25) is 52.8 Å². The normalized spacial score (nSPS) is 15.5. The van der Waals surface area contributed by atoms with Crippen molar-refractivity contribution in [3.63, 3.8) is 0 Å². The molecule has 5 heterocycles. The number of amides is 13. The number of rotatable bonds is 52. The van der Waals surface area contributed by atoms with Crippen LogP contribution in [0, 0.1) is 29.6 Å². The second-order valence-electron chi connectivity index (χ2n) is 37.7. The van der Waals surface area contributed by atoms with Crippen LogP contribution in [-0.4, -0.2) is 291 Å². The highest BCUT2D eigenvalue weighted by Gasteiger charge is 2.45. The van der Waals surface area contributed by atoms with E-state index < -0.39 is 90.1 Å². The maximum atomic E-state index is 14.4. The third-order valence-electron chi connectivity index (χ3n) is 26.8. The first-order chi connectivity index (χ1) is 69.0. The summed E-state index contributed by atoms with van der Waals surface area (Å²) in [5.41, 5.74) is 14.7. The van der Waals surface area contributed by atoms with E-state index in [1.54, 1.807) is 76.5 Å². The van der Waals surface area contributed by atoms with Crippen LogP contribution in [0.1, 0.15) is 191 Å². The van der Waals surface area contributed by atoms with Crippen molar-refractivity contribution in [2.75, 3.05) is 121 Å². The van der Waals surface area contributed by atoms with Crippen LogP contribution in [0.15, 0.2) is 139 Å². The minimum Gasteiger partial charge on any atom is -0.481 e. The molecule has 0 unspecified atom stereocenters. The molecule has 3 aliphatic rings. The van der Waals surface area contributed by atoms with E-state index >= 15 is 0 Å². The summed E-state index contributed by atoms with van der Waals surface area (Å²) in [5.74, 6) is -5.40. The Morgan fingerprint density at radius 2 is 1.30 bits per heavy atom. The van der Waals surface area contributed by atoms with Gasteiger partial charge in [0.25, 0.3) is 0 Å². The van der Waals surface area contributed by atoms with Gasteiger partial charge in [-0.25, -0.2) is 24.4 Å². The standard InChI is InChI=1S/C47H70N10O10.C43H68N6O8S.C16H15NO2/c1-5-33-10-12-35(13-11-33)52-45(63)38(9-7-21-51-47(48)65)53-46(64)43(32(2)3)54-39(58)14-15-41(60)56(25-27-67-29-28-66-26-19-42(61)62)36-16-22-55(23-17-36)40(59)18-24-57-37(31-49-4)30-34-8-6-20-50-44(34)57;1-13-28(6)37(47(8)42(53)35(26(2)3)46-40(52)36(27(4)5)48(9)43(54)57-12)33(55-10)25-34(50)49-22-17-20-32(49)38(56-11)29(7)39(51)45-31(41-44-21-23-58-41)24-30-18-15-14-16-19-30;1-17-16(18)19-10-15-13-8-4-2-6-11(13)12-7-3-5-9-14(12)15/h6,8,10-13,20,30,32,36,38,43,49H,5,7,9,14-19,21-29,31H2,1-4H3,(H,52,63)(H,53,64)(H,54,58)(H,61,62)(H3,48,51,65);14-16,18-19,21,23,26-29,31-33,35-38H,13,17,20,22,24-25H2,1-12H3,(H,45,51)(H,46,52);2-9,15H,10H2,1H3,(H,17,18)/t38-,43-;28-,29+,31-,32-,33+,35-,36-,37-,38+;/m00./s1. The zero-order chi connectivity index (χ0) is 105. The summed E-state index contributed by atoms with van der Waals surface area (Å²) in [5, 5.41) is 35.2. The number of nitrogens with two attached hydrogens (primary N) is 1. The van der Waals surface area contributed by atoms with E-state index in [0.717, 1.165) is 45.7 Å². The van der Waals surface area contributed by atoms with Crippen molar-refractivity contribution in [2.24, 2.45) is 35.3 Å². The number of benzene rings is 4. The molecule has 4 aromatic carbocycles. The van der Waals surface area contributed by atoms with E-state index in [2.05, 4.69) is 87.4 Å². The molecular weight excluding hydrogens is 1860 g/mol. The molecule has 11 atom stereocenters. The Morgan fingerprint density at radius 1 is 0.639 bits per heavy atom. The van der Waals surface area contributed by atoms with Crippen molar-refractivity contribution in [1.82, 2.24) is 76.3 Å². The topological polar surface area (TPSA) is 467 Å². The number of nitrogens with one attached hydrogen (secondary N) is 8. The zero-order valence-corrected chi connectivity index (χ0v) is 87.5. The molecule has 0 saturated carbocycles. The fraction of sp³-hybridized carbons (Fsp3) is 0.557. The highest BCUT2D eigenvalue weighted by Crippen LogP contribution is 2.45. The number of primary amides is 1. The summed E-state index contributed by atoms with van der Waals surface area (Å²) >= 11 is 1.49. The number of ether oxygens (including phenoxy) is 6. The maximum Gasteiger partial charge on any atom is 0.409 e. The summed E-state index contributed by atoms with van der Waals surface area (Å²) in [6, 6.07) is 33.9. The van der Waals surface area contributed by atoms with Gasteiger partial charge in [0.05, 0.1) is 82.6 Å². The number of piperidine rings is 1. The molecule has 37 nitrogen and oxygen atoms in total. The number of anilines is 1. The Bertz CT molecular complexity index is 5230. The number of aliphatic carboxylic acids is 1. The lowest BCUT2D eigenvalue weighted by Crippen LogP contribution is -2.60. The Kier molecular flexibility index (Phi) is 48.4. The number of thiazole rings is 1. The molecule has 0 spiro atoms. The summed E-state index contributed by atoms with van der Waals surface area (Å²) in [7, 11) is 11.0. The highest BCUT2D eigenvalue weighted by atomic mass is 32.1. The molecule has 0 bridgehead atoms. The Morgan fingerprint density at radius 3 is 1.89 bits per heavy atom. The largest absolute Gasteiger partial charge is 0.481 e. The van der Waals surface area contributed by atoms with Crippen LogP contribution < -0.4 is 48.3 Å². The van der Waals surface area contributed by atoms with E-state index in [9.17, 15) is 62.3 Å². The minimum absolute atomic E-state index is 0.00210. The second kappa shape index (κ2) is 59.7. The SMILES string of the molecule is CC[C@H](C)[C@@H]([C@@H](CC(=O)N1CCC[C@H]1[C@H](OC)[C@@H](C)C(=O)N[C@@H](Cc1ccccc1)c1nccs1)OC)N(C)C(=O)[C@@H](NC(=O)[C@H](C(C)C)N(C)C(=O)OC)C(C)C.CCc1ccc(NC(=O)[C@H](CCCNC(N)=O)NC(=O)[C@@H](NC(=O)CCC(=O)N(CCOCCOCCC(=O)O)C2CCN(C(=O)CCn3c(CNC)cc4cccnc43)CC2)C(C)C)cc1.CNC(=O)OCC1c2ccccc2-c2ccccc21. The average Bonchev–Trinajstić information content (AvgIpc) is 1.61. The summed E-state index contributed by atoms with van der Waals surface area (Å²) in [6.45, 7) is 22.6. The lowest BCUT2D eigenvalue weighted by Gasteiger charge is -2.41. The third kappa shape index (κ3) is 34.4. The Balaban J connectivity index is 0.000000298. The number of hydrogen-bond acceptors (Lipinski definition) is 23. The molecule has 1 aliphatic carbocycles. The van der Waals surface area contributed by atoms with Gasteiger partial charge < -0.3 is 106 Å². The van der Waals surface area contributed by atoms with Crippen LogP contribution in [0.4, 0.5) is 20.1 Å². The Labute approximate surface area is 850 Å². The number of carboxylic acids is 1. The number of nitrogens with zero attached hydrogens (tertiary/aromatic N) is 8. The van der Waals surface area contributed by atoms with E-state index in [-0.39, 0.29) is 161 Å². The number of alkyl carbamates (subject to hydrolysis) is 1. The van der Waals surface area contributed by atoms with Gasteiger partial charge in [0, 0.05) is 147 Å². The molecule has 3 aromatic heterocycles. The van der Waals surface area contributed by atoms with Crippen molar-refractivity contribution in [3.8, 4) is 11.1 Å². The lowest BCUT2D eigenvalue weighted by atomic mass is 9.89. The molecule has 38 heteroatoms. The number of pyridine rings is 1. The van der Waals surface area contributed by atoms with Gasteiger partial charge in [-0.05, 0) is 146 Å². The van der Waals surface area contributed by atoms with E-state index in [0.29, 0.717) is 83.5 Å². The summed E-state index contributed by atoms with van der Waals surface area (Å²) < 4.78 is 35.3. The van der Waals surface area contributed by atoms with Crippen molar-refractivity contribution in [3.05, 3.63) is 172 Å². The van der Waals surface area contributed by atoms with E-state index in [1.807, 2.05) is 156 Å². The monoisotopic (exact) mass is 2020 g/mol. The van der Waals surface area contributed by atoms with E-state index in [1.165, 1.54) is 52.6 Å². The molecule has 788 valence electrons. The van der Waals surface area contributed by atoms with Gasteiger partial charge >= 0.3 is 24.2 Å². The minimum atomic E-state index is -1.03. The van der Waals surface area contributed by atoms with Crippen molar-refractivity contribution in [1.29, 1.82) is 0 Å². The number of carboxylic acid groups (broad SMARTS) is 1. The zero-order valence-electron chi connectivity index (χ0n) is 86.7. The molecule has 13 amide bonds. The molecule has 0 radical (unpaired) electrons. The molecule has 11 N–H and O–H groups in total. The quantitative estimate of drug-likeness (QED) is 0.0158. The predicted octanol–water partition coefficient (Wildman–Crippen LogP) is 11.0. The number of carbonyl (C=O) groups is 13. The van der Waals surface area contributed by atoms with Crippen LogP contribution in [0.2, 0.25) is 0 Å². The van der Waals surface area contributed by atoms with E-state index in [4.69, 9.17) is 39.3 Å². The van der Waals surface area contributed by atoms with Crippen molar-refractivity contribution in [2.45, 2.75) is 239 Å². The van der Waals surface area contributed by atoms with Crippen LogP contribution in [0.25, 0.3) is 22.2 Å². The molecule has 7 aromatic rings. The fourth-order valence-corrected chi connectivity index (χ4v) is 19.5. The molecule has 10 rings (SSSR count). The molecule has 2 aliphatic heterocycles. The molecule has 2 fully saturated rings. The fourth-order valence-electron chi connectivity index (χ4n) is 18.8. The lowest BCUT2D eigenvalue weighted by molar-refractivity contribution is -0.148. The smallest absolute Gasteiger partial charge is 0.409 e. The third-order valence-corrected chi connectivity index (χ3v) is 27.7. The number of likely N-dealkylation sites (tertiary alicyclic amines) is 2. The number of fused-ring (bicyclic) bond motifs is 4. The van der Waals surface area contributed by atoms with Gasteiger partial charge in [0.1, 0.15) is 41.4 Å². The number of hydrogen-bond donors (Lipinski definition) is 10. The first-order valence-electron chi connectivity index (χ1n) is 50.1. The number of urea groups is 1. The van der Waals surface area contributed by atoms with Crippen molar-refractivity contribution < 1.29 is 95.9 Å². The van der Waals surface area contributed by atoms with Crippen LogP contribution >= 0.6 is 11.3 Å². The molecule has 2 saturated heterocycles. The van der Waals surface area contributed by atoms with Gasteiger partial charge in [-0.15, -0.1) is 11.3 Å². The number of aromatic nitrogens is 3. The first kappa shape index (κ1) is 117. The maximum absolute atomic E-state index is 14.4. The number of likely N-dealkylation sites (N-methyl/N-ethyl adjacent to an activating group) is 2. The average molecular weight is 2020 g/mol. The highest BCUT2D eigenvalue weighted by molar-refractivity contribution is 7.09. The van der Waals surface area contributed by atoms with Crippen LogP contribution in [0.3, 0.4) is 0 Å². The van der Waals surface area contributed by atoms with Gasteiger partial charge in [0.15, 0.2) is 0 Å². The second-order valence-corrected chi connectivity index (χ2v) is 38.6. The number of carbonyl (C=O) groups excluding carboxylic acids is 12. The van der Waals surface area contributed by atoms with Crippen molar-refractivity contribution >= 4 is 105 Å². The Hall–Kier alpha value is -12.5. The van der Waals surface area contributed by atoms with Gasteiger partial charge in [0.2, 0.25) is 53.2 Å². The van der Waals surface area contributed by atoms with Gasteiger partial charge in [-0.1, -0.05) is 167 Å². The number of aryl methyl sites for hydroxylation is 2. The van der Waals surface area contributed by atoms with Gasteiger partial charge in [-0.2, -0.15) is 0 Å². The summed E-state index contributed by atoms with van der Waals surface area (Å²) in [4.78, 5) is 187. The predicted molar refractivity (Wildman–Crippen MR) is 550 cm³/mol. The number of methoxy groups -OCH3 is 3. The first-order valence-corrected chi connectivity index (χ1v) is 51.0. The molecular formula is C106H153N17O20S. The van der Waals surface area contributed by atoms with Crippen LogP contribution in [-0.2, 0) is 102 Å².